The van der Waals surface area contributed by atoms with Crippen molar-refractivity contribution in [3.05, 3.63) is 53.7 Å². The lowest BCUT2D eigenvalue weighted by Crippen LogP contribution is -2.44. The van der Waals surface area contributed by atoms with Gasteiger partial charge in [0.2, 0.25) is 11.8 Å². The number of alkyl halides is 7. The molecule has 2 aromatic rings. The summed E-state index contributed by atoms with van der Waals surface area (Å²) in [4.78, 5) is 35.6. The summed E-state index contributed by atoms with van der Waals surface area (Å²) in [6, 6.07) is 11.7. The highest BCUT2D eigenvalue weighted by Gasteiger charge is 2.39. The zero-order valence-corrected chi connectivity index (χ0v) is 20.1. The zero-order chi connectivity index (χ0) is 30.7. The Kier molecular flexibility index (Phi) is 12.3. The summed E-state index contributed by atoms with van der Waals surface area (Å²) in [5, 5.41) is 23.3. The van der Waals surface area contributed by atoms with E-state index in [4.69, 9.17) is 35.5 Å². The second-order valence-corrected chi connectivity index (χ2v) is 7.80. The first-order chi connectivity index (χ1) is 18.4. The second kappa shape index (κ2) is 14.6. The lowest BCUT2D eigenvalue weighted by Gasteiger charge is -2.20. The summed E-state index contributed by atoms with van der Waals surface area (Å²) in [7, 11) is 0. The van der Waals surface area contributed by atoms with Crippen molar-refractivity contribution in [3.63, 3.8) is 0 Å². The fourth-order valence-electron chi connectivity index (χ4n) is 2.86. The van der Waals surface area contributed by atoms with Crippen LogP contribution in [0.5, 0.6) is 11.6 Å². The van der Waals surface area contributed by atoms with Gasteiger partial charge in [-0.25, -0.2) is 19.0 Å². The highest BCUT2D eigenvalue weighted by atomic mass is 19.4. The standard InChI is InChI=1S/C19H19FN4O2.2C2HF3O2/c20-15-7-9-24(12-15)19(25)17(22)10-13-3-5-16(6-4-13)26-18-14(11-21)2-1-8-23-18;2*3-2(4,5)1(6)7/h1-6,8,15,17H,7,9-10,12,22H2;2*(H,6,7)/t15-,17-;;/m0../s1. The molecule has 0 spiro atoms. The fraction of sp³-hybridized carbons (Fsp3) is 0.348. The van der Waals surface area contributed by atoms with Crippen molar-refractivity contribution in [2.24, 2.45) is 5.73 Å². The van der Waals surface area contributed by atoms with Gasteiger partial charge in [0.1, 0.15) is 23.6 Å². The molecule has 1 aliphatic rings. The third-order valence-electron chi connectivity index (χ3n) is 4.73. The van der Waals surface area contributed by atoms with Crippen LogP contribution in [0.15, 0.2) is 42.6 Å². The van der Waals surface area contributed by atoms with E-state index in [2.05, 4.69) is 4.98 Å². The Balaban J connectivity index is 0.000000473. The van der Waals surface area contributed by atoms with Crippen LogP contribution in [0, 0.1) is 11.3 Å². The molecule has 10 nitrogen and oxygen atoms in total. The molecule has 17 heteroatoms. The number of carbonyl (C=O) groups is 3. The maximum Gasteiger partial charge on any atom is 0.490 e. The van der Waals surface area contributed by atoms with E-state index >= 15 is 0 Å². The number of hydrogen-bond donors (Lipinski definition) is 3. The van der Waals surface area contributed by atoms with Crippen molar-refractivity contribution in [2.45, 2.75) is 37.4 Å². The van der Waals surface area contributed by atoms with E-state index in [1.165, 1.54) is 4.90 Å². The Hall–Kier alpha value is -4.46. The highest BCUT2D eigenvalue weighted by Crippen LogP contribution is 2.23. The number of nitrogens with zero attached hydrogens (tertiary/aromatic N) is 3. The number of carboxylic acid groups (broad SMARTS) is 2. The van der Waals surface area contributed by atoms with Crippen LogP contribution in [0.1, 0.15) is 17.5 Å². The normalized spacial score (nSPS) is 15.4. The molecule has 0 bridgehead atoms. The first kappa shape index (κ1) is 33.6. The quantitative estimate of drug-likeness (QED) is 0.448. The van der Waals surface area contributed by atoms with E-state index in [-0.39, 0.29) is 18.3 Å². The third kappa shape index (κ3) is 11.5. The molecule has 0 unspecified atom stereocenters. The summed E-state index contributed by atoms with van der Waals surface area (Å²) < 4.78 is 82.3. The van der Waals surface area contributed by atoms with Gasteiger partial charge in [0.15, 0.2) is 0 Å². The minimum atomic E-state index is -5.08. The van der Waals surface area contributed by atoms with Crippen molar-refractivity contribution in [1.29, 1.82) is 5.26 Å². The van der Waals surface area contributed by atoms with E-state index in [1.54, 1.807) is 42.6 Å². The molecule has 1 saturated heterocycles. The van der Waals surface area contributed by atoms with E-state index in [0.29, 0.717) is 30.7 Å². The lowest BCUT2D eigenvalue weighted by atomic mass is 10.1. The average Bonchev–Trinajstić information content (AvgIpc) is 3.30. The first-order valence-electron chi connectivity index (χ1n) is 10.9. The van der Waals surface area contributed by atoms with Gasteiger partial charge in [0, 0.05) is 12.7 Å². The first-order valence-corrected chi connectivity index (χ1v) is 10.9. The molecular formula is C23H21F7N4O6. The smallest absolute Gasteiger partial charge is 0.475 e. The molecule has 2 heterocycles. The molecule has 218 valence electrons. The van der Waals surface area contributed by atoms with Crippen molar-refractivity contribution >= 4 is 17.8 Å². The highest BCUT2D eigenvalue weighted by molar-refractivity contribution is 5.82. The SMILES string of the molecule is N#Cc1cccnc1Oc1ccc(C[C@H](N)C(=O)N2CC[C@H](F)C2)cc1.O=C(O)C(F)(F)F.O=C(O)C(F)(F)F. The van der Waals surface area contributed by atoms with E-state index in [0.717, 1.165) is 5.56 Å². The fourth-order valence-corrected chi connectivity index (χ4v) is 2.86. The van der Waals surface area contributed by atoms with E-state index in [9.17, 15) is 35.5 Å². The van der Waals surface area contributed by atoms with Crippen LogP contribution in [0.3, 0.4) is 0 Å². The monoisotopic (exact) mass is 582 g/mol. The molecule has 40 heavy (non-hydrogen) atoms. The number of aromatic nitrogens is 1. The summed E-state index contributed by atoms with van der Waals surface area (Å²) in [6.45, 7) is 0.552. The number of nitriles is 1. The van der Waals surface area contributed by atoms with Crippen LogP contribution in [0.2, 0.25) is 0 Å². The number of hydrogen-bond acceptors (Lipinski definition) is 7. The molecule has 0 saturated carbocycles. The molecule has 0 radical (unpaired) electrons. The number of rotatable bonds is 5. The molecular weight excluding hydrogens is 561 g/mol. The van der Waals surface area contributed by atoms with Crippen molar-refractivity contribution in [3.8, 4) is 17.7 Å². The molecule has 1 aliphatic heterocycles. The summed E-state index contributed by atoms with van der Waals surface area (Å²) in [5.41, 5.74) is 7.20. The molecule has 3 rings (SSSR count). The minimum Gasteiger partial charge on any atom is -0.475 e. The Labute approximate surface area is 221 Å². The van der Waals surface area contributed by atoms with Gasteiger partial charge in [-0.3, -0.25) is 4.79 Å². The third-order valence-corrected chi connectivity index (χ3v) is 4.73. The van der Waals surface area contributed by atoms with Crippen LogP contribution in [-0.4, -0.2) is 75.6 Å². The number of nitrogens with two attached hydrogens (primary N) is 1. The van der Waals surface area contributed by atoms with Gasteiger partial charge in [0.25, 0.3) is 0 Å². The Morgan fingerprint density at radius 3 is 2.02 bits per heavy atom. The van der Waals surface area contributed by atoms with Crippen LogP contribution >= 0.6 is 0 Å². The maximum absolute atomic E-state index is 13.2. The Bertz CT molecular complexity index is 1180. The summed E-state index contributed by atoms with van der Waals surface area (Å²) >= 11 is 0. The number of ether oxygens (including phenoxy) is 1. The summed E-state index contributed by atoms with van der Waals surface area (Å²) in [6.07, 6.45) is -8.83. The Morgan fingerprint density at radius 2 is 1.60 bits per heavy atom. The number of likely N-dealkylation sites (tertiary alicyclic amines) is 1. The van der Waals surface area contributed by atoms with Gasteiger partial charge in [-0.2, -0.15) is 31.6 Å². The average molecular weight is 582 g/mol. The predicted octanol–water partition coefficient (Wildman–Crippen LogP) is 3.45. The maximum atomic E-state index is 13.2. The van der Waals surface area contributed by atoms with Crippen LogP contribution in [0.25, 0.3) is 0 Å². The number of pyridine rings is 1. The van der Waals surface area contributed by atoms with Gasteiger partial charge in [-0.15, -0.1) is 0 Å². The van der Waals surface area contributed by atoms with E-state index < -0.39 is 36.5 Å². The van der Waals surface area contributed by atoms with Gasteiger partial charge in [0.05, 0.1) is 12.6 Å². The molecule has 1 aromatic carbocycles. The van der Waals surface area contributed by atoms with Gasteiger partial charge < -0.3 is 25.6 Å². The van der Waals surface area contributed by atoms with Crippen molar-refractivity contribution < 1.29 is 60.1 Å². The largest absolute Gasteiger partial charge is 0.490 e. The molecule has 1 aromatic heterocycles. The minimum absolute atomic E-state index is 0.130. The second-order valence-electron chi connectivity index (χ2n) is 7.80. The Morgan fingerprint density at radius 1 is 1.07 bits per heavy atom. The zero-order valence-electron chi connectivity index (χ0n) is 20.1. The lowest BCUT2D eigenvalue weighted by molar-refractivity contribution is -0.193. The molecule has 0 aliphatic carbocycles. The number of halogens is 7. The molecule has 4 N–H and O–H groups in total. The van der Waals surface area contributed by atoms with Gasteiger partial charge in [-0.05, 0) is 42.7 Å². The molecule has 1 amide bonds. The molecule has 1 fully saturated rings. The predicted molar refractivity (Wildman–Crippen MR) is 121 cm³/mol. The number of benzene rings is 1. The van der Waals surface area contributed by atoms with Gasteiger partial charge >= 0.3 is 24.3 Å². The number of carbonyl (C=O) groups excluding carboxylic acids is 1. The van der Waals surface area contributed by atoms with Crippen LogP contribution in [-0.2, 0) is 20.8 Å². The topological polar surface area (TPSA) is 167 Å². The number of carboxylic acids is 2. The van der Waals surface area contributed by atoms with Crippen molar-refractivity contribution in [2.75, 3.05) is 13.1 Å². The van der Waals surface area contributed by atoms with Crippen molar-refractivity contribution in [1.82, 2.24) is 9.88 Å². The van der Waals surface area contributed by atoms with E-state index in [1.807, 2.05) is 6.07 Å². The van der Waals surface area contributed by atoms with Crippen LogP contribution in [0.4, 0.5) is 30.7 Å². The number of amides is 1. The number of aliphatic carboxylic acids is 2. The van der Waals surface area contributed by atoms with Gasteiger partial charge in [-0.1, -0.05) is 12.1 Å². The molecule has 2 atom stereocenters. The summed E-state index contributed by atoms with van der Waals surface area (Å²) in [5.74, 6) is -4.97. The van der Waals surface area contributed by atoms with Crippen LogP contribution < -0.4 is 10.5 Å².